The molecule has 1 aromatic rings. The number of amides is 1. The summed E-state index contributed by atoms with van der Waals surface area (Å²) in [4.78, 5) is 17.9. The van der Waals surface area contributed by atoms with Gasteiger partial charge < -0.3 is 25.0 Å². The number of rotatable bonds is 8. The number of carbonyl (C=O) groups is 1. The second-order valence-electron chi connectivity index (χ2n) is 7.39. The third-order valence-corrected chi connectivity index (χ3v) is 4.77. The molecular weight excluding hydrogens is 356 g/mol. The minimum absolute atomic E-state index is 0.0249. The molecule has 0 bridgehead atoms. The molecule has 0 saturated heterocycles. The highest BCUT2D eigenvalue weighted by molar-refractivity contribution is 5.84. The fourth-order valence-corrected chi connectivity index (χ4v) is 3.10. The summed E-state index contributed by atoms with van der Waals surface area (Å²) >= 11 is 0. The van der Waals surface area contributed by atoms with Crippen molar-refractivity contribution in [3.05, 3.63) is 24.3 Å². The molecule has 0 heterocycles. The number of nitrogens with zero attached hydrogens (tertiary/aromatic N) is 2. The van der Waals surface area contributed by atoms with Gasteiger partial charge >= 0.3 is 0 Å². The van der Waals surface area contributed by atoms with E-state index in [9.17, 15) is 4.79 Å². The molecule has 156 valence electrons. The van der Waals surface area contributed by atoms with Crippen LogP contribution in [0.15, 0.2) is 29.3 Å². The molecule has 1 saturated carbocycles. The van der Waals surface area contributed by atoms with Gasteiger partial charge in [-0.25, -0.2) is 4.99 Å². The predicted octanol–water partition coefficient (Wildman–Crippen LogP) is 2.42. The summed E-state index contributed by atoms with van der Waals surface area (Å²) in [6.07, 6.45) is 5.93. The van der Waals surface area contributed by atoms with E-state index < -0.39 is 0 Å². The number of carbonyl (C=O) groups excluding carboxylic acids is 1. The highest BCUT2D eigenvalue weighted by Crippen LogP contribution is 2.26. The van der Waals surface area contributed by atoms with Crippen molar-refractivity contribution in [2.45, 2.75) is 51.2 Å². The molecule has 2 rings (SSSR count). The molecule has 0 aliphatic heterocycles. The number of hydrogen-bond acceptors (Lipinski definition) is 4. The van der Waals surface area contributed by atoms with Gasteiger partial charge in [0, 0.05) is 20.1 Å². The zero-order chi connectivity index (χ0) is 20.4. The van der Waals surface area contributed by atoms with Crippen LogP contribution in [-0.2, 0) is 4.79 Å². The Morgan fingerprint density at radius 1 is 1.21 bits per heavy atom. The Kier molecular flexibility index (Phi) is 8.91. The molecule has 1 unspecified atom stereocenters. The van der Waals surface area contributed by atoms with Gasteiger partial charge in [0.1, 0.15) is 12.6 Å². The Labute approximate surface area is 168 Å². The Morgan fingerprint density at radius 3 is 2.54 bits per heavy atom. The summed E-state index contributed by atoms with van der Waals surface area (Å²) in [5.74, 6) is 2.06. The van der Waals surface area contributed by atoms with Crippen LogP contribution in [0, 0.1) is 0 Å². The van der Waals surface area contributed by atoms with E-state index in [0.29, 0.717) is 30.0 Å². The van der Waals surface area contributed by atoms with E-state index in [-0.39, 0.29) is 18.6 Å². The van der Waals surface area contributed by atoms with E-state index in [1.165, 1.54) is 19.3 Å². The lowest BCUT2D eigenvalue weighted by molar-refractivity contribution is -0.127. The highest BCUT2D eigenvalue weighted by atomic mass is 16.5. The van der Waals surface area contributed by atoms with Crippen LogP contribution in [0.4, 0.5) is 0 Å². The van der Waals surface area contributed by atoms with Gasteiger partial charge in [0.2, 0.25) is 5.91 Å². The smallest absolute Gasteiger partial charge is 0.243 e. The van der Waals surface area contributed by atoms with Crippen LogP contribution in [-0.4, -0.2) is 63.2 Å². The van der Waals surface area contributed by atoms with Gasteiger partial charge in [0.15, 0.2) is 17.5 Å². The molecule has 7 nitrogen and oxygen atoms in total. The zero-order valence-electron chi connectivity index (χ0n) is 17.5. The fraction of sp³-hybridized carbons (Fsp3) is 0.619. The molecule has 2 N–H and O–H groups in total. The Morgan fingerprint density at radius 2 is 1.89 bits per heavy atom. The van der Waals surface area contributed by atoms with Crippen LogP contribution in [0.5, 0.6) is 11.5 Å². The van der Waals surface area contributed by atoms with E-state index in [4.69, 9.17) is 9.47 Å². The van der Waals surface area contributed by atoms with E-state index in [0.717, 1.165) is 12.8 Å². The second kappa shape index (κ2) is 11.4. The zero-order valence-corrected chi connectivity index (χ0v) is 17.5. The van der Waals surface area contributed by atoms with E-state index in [1.807, 2.05) is 31.2 Å². The van der Waals surface area contributed by atoms with Crippen LogP contribution in [0.3, 0.4) is 0 Å². The van der Waals surface area contributed by atoms with Crippen LogP contribution in [0.25, 0.3) is 0 Å². The predicted molar refractivity (Wildman–Crippen MR) is 112 cm³/mol. The van der Waals surface area contributed by atoms with Gasteiger partial charge in [-0.05, 0) is 31.9 Å². The van der Waals surface area contributed by atoms with Crippen molar-refractivity contribution in [2.75, 3.05) is 34.3 Å². The van der Waals surface area contributed by atoms with Gasteiger partial charge in [-0.2, -0.15) is 0 Å². The molecule has 1 amide bonds. The normalized spacial score (nSPS) is 16.2. The number of methoxy groups -OCH3 is 1. The maximum Gasteiger partial charge on any atom is 0.243 e. The molecule has 28 heavy (non-hydrogen) atoms. The molecule has 1 atom stereocenters. The summed E-state index contributed by atoms with van der Waals surface area (Å²) in [5, 5.41) is 6.80. The SMILES string of the molecule is COc1ccccc1OC(C)CNC(=NCC(=O)N(C)C)NC1CCCCC1. The van der Waals surface area contributed by atoms with E-state index >= 15 is 0 Å². The number of likely N-dealkylation sites (N-methyl/N-ethyl adjacent to an activating group) is 1. The lowest BCUT2D eigenvalue weighted by Gasteiger charge is -2.26. The maximum absolute atomic E-state index is 11.9. The van der Waals surface area contributed by atoms with Gasteiger partial charge in [-0.15, -0.1) is 0 Å². The fourth-order valence-electron chi connectivity index (χ4n) is 3.10. The standard InChI is InChI=1S/C21H34N4O3/c1-16(28-19-13-9-8-12-18(19)27-4)14-22-21(23-15-20(26)25(2)3)24-17-10-6-5-7-11-17/h8-9,12-13,16-17H,5-7,10-11,14-15H2,1-4H3,(H2,22,23,24). The number of nitrogens with one attached hydrogen (secondary N) is 2. The third-order valence-electron chi connectivity index (χ3n) is 4.77. The largest absolute Gasteiger partial charge is 0.493 e. The first-order valence-corrected chi connectivity index (χ1v) is 10.0. The summed E-state index contributed by atoms with van der Waals surface area (Å²) < 4.78 is 11.3. The van der Waals surface area contributed by atoms with Gasteiger partial charge in [0.25, 0.3) is 0 Å². The quantitative estimate of drug-likeness (QED) is 0.527. The van der Waals surface area contributed by atoms with Crippen molar-refractivity contribution in [3.63, 3.8) is 0 Å². The molecule has 1 fully saturated rings. The van der Waals surface area contributed by atoms with Crippen molar-refractivity contribution in [2.24, 2.45) is 4.99 Å². The van der Waals surface area contributed by atoms with E-state index in [1.54, 1.807) is 26.1 Å². The van der Waals surface area contributed by atoms with E-state index in [2.05, 4.69) is 15.6 Å². The highest BCUT2D eigenvalue weighted by Gasteiger charge is 2.16. The molecular formula is C21H34N4O3. The van der Waals surface area contributed by atoms with Crippen LogP contribution < -0.4 is 20.1 Å². The Bertz CT molecular complexity index is 642. The minimum Gasteiger partial charge on any atom is -0.493 e. The number of hydrogen-bond donors (Lipinski definition) is 2. The van der Waals surface area contributed by atoms with Crippen molar-refractivity contribution in [1.82, 2.24) is 15.5 Å². The second-order valence-corrected chi connectivity index (χ2v) is 7.39. The number of para-hydroxylation sites is 2. The van der Waals surface area contributed by atoms with Crippen LogP contribution >= 0.6 is 0 Å². The lowest BCUT2D eigenvalue weighted by atomic mass is 9.96. The first-order chi connectivity index (χ1) is 13.5. The van der Waals surface area contributed by atoms with Crippen LogP contribution in [0.1, 0.15) is 39.0 Å². The number of benzene rings is 1. The van der Waals surface area contributed by atoms with Gasteiger partial charge in [0.05, 0.1) is 13.7 Å². The molecule has 1 aliphatic carbocycles. The summed E-state index contributed by atoms with van der Waals surface area (Å²) in [6.45, 7) is 2.67. The minimum atomic E-state index is -0.0980. The molecule has 1 aromatic carbocycles. The van der Waals surface area contributed by atoms with Crippen molar-refractivity contribution in [1.29, 1.82) is 0 Å². The average Bonchev–Trinajstić information content (AvgIpc) is 2.70. The molecule has 7 heteroatoms. The van der Waals surface area contributed by atoms with Crippen molar-refractivity contribution >= 4 is 11.9 Å². The lowest BCUT2D eigenvalue weighted by Crippen LogP contribution is -2.47. The number of ether oxygens (including phenoxy) is 2. The van der Waals surface area contributed by atoms with Crippen molar-refractivity contribution in [3.8, 4) is 11.5 Å². The summed E-state index contributed by atoms with van der Waals surface area (Å²) in [5.41, 5.74) is 0. The Hall–Kier alpha value is -2.44. The Balaban J connectivity index is 1.94. The summed E-state index contributed by atoms with van der Waals surface area (Å²) in [7, 11) is 5.11. The maximum atomic E-state index is 11.9. The molecule has 0 aromatic heterocycles. The molecule has 0 radical (unpaired) electrons. The third kappa shape index (κ3) is 7.29. The first-order valence-electron chi connectivity index (χ1n) is 10.0. The molecule has 0 spiro atoms. The number of aliphatic imine (C=N–C) groups is 1. The monoisotopic (exact) mass is 390 g/mol. The van der Waals surface area contributed by atoms with Gasteiger partial charge in [-0.1, -0.05) is 31.4 Å². The molecule has 1 aliphatic rings. The van der Waals surface area contributed by atoms with Gasteiger partial charge in [-0.3, -0.25) is 4.79 Å². The van der Waals surface area contributed by atoms with Crippen molar-refractivity contribution < 1.29 is 14.3 Å². The first kappa shape index (κ1) is 21.9. The average molecular weight is 391 g/mol. The van der Waals surface area contributed by atoms with Crippen LogP contribution in [0.2, 0.25) is 0 Å². The topological polar surface area (TPSA) is 75.2 Å². The summed E-state index contributed by atoms with van der Waals surface area (Å²) in [6, 6.07) is 8.00. The number of guanidine groups is 1.